The summed E-state index contributed by atoms with van der Waals surface area (Å²) >= 11 is 0. The summed E-state index contributed by atoms with van der Waals surface area (Å²) in [5.74, 6) is 0.243. The van der Waals surface area contributed by atoms with Crippen LogP contribution in [0.5, 0.6) is 0 Å². The molecule has 0 aliphatic carbocycles. The summed E-state index contributed by atoms with van der Waals surface area (Å²) in [5.41, 5.74) is 0. The van der Waals surface area contributed by atoms with Gasteiger partial charge in [-0.05, 0) is 11.3 Å². The second-order valence-electron chi connectivity index (χ2n) is 7.79. The molecule has 0 aliphatic heterocycles. The first-order valence-corrected chi connectivity index (χ1v) is 11.4. The minimum atomic E-state index is -0.477. The number of carbonyl (C=O) groups is 1. The lowest BCUT2D eigenvalue weighted by Crippen LogP contribution is -2.13. The molecule has 0 spiro atoms. The number of ether oxygens (including phenoxy) is 1. The summed E-state index contributed by atoms with van der Waals surface area (Å²) in [6.45, 7) is 4.34. The van der Waals surface area contributed by atoms with Gasteiger partial charge in [-0.3, -0.25) is 4.79 Å². The van der Waals surface area contributed by atoms with Crippen molar-refractivity contribution in [3.63, 3.8) is 0 Å². The van der Waals surface area contributed by atoms with Gasteiger partial charge in [0.1, 0.15) is 19.3 Å². The van der Waals surface area contributed by atoms with Crippen LogP contribution in [0.2, 0.25) is 0 Å². The van der Waals surface area contributed by atoms with E-state index in [1.165, 1.54) is 81.4 Å². The minimum Gasteiger partial charge on any atom is -0.461 e. The summed E-state index contributed by atoms with van der Waals surface area (Å²) in [6.07, 6.45) is 18.2. The van der Waals surface area contributed by atoms with Crippen molar-refractivity contribution >= 4 is 11.8 Å². The van der Waals surface area contributed by atoms with Gasteiger partial charge >= 0.3 is 11.8 Å². The number of aryl methyl sites for hydroxylation is 1. The zero-order valence-electron chi connectivity index (χ0n) is 18.4. The second-order valence-corrected chi connectivity index (χ2v) is 7.79. The number of carbonyl (C=O) groups excluding carboxylic acids is 1. The Morgan fingerprint density at radius 1 is 1.00 bits per heavy atom. The number of hydrogen-bond acceptors (Lipinski definition) is 5. The molecule has 166 valence electrons. The average molecular weight is 410 g/mol. The van der Waals surface area contributed by atoms with Crippen molar-refractivity contribution in [3.8, 4) is 0 Å². The smallest absolute Gasteiger partial charge is 0.342 e. The van der Waals surface area contributed by atoms with E-state index in [0.717, 1.165) is 12.8 Å². The molecule has 0 aromatic carbocycles. The lowest BCUT2D eigenvalue weighted by molar-refractivity contribution is -0.392. The third kappa shape index (κ3) is 11.6. The van der Waals surface area contributed by atoms with Crippen molar-refractivity contribution < 1.29 is 14.5 Å². The number of rotatable bonds is 18. The van der Waals surface area contributed by atoms with Crippen molar-refractivity contribution in [1.82, 2.24) is 9.55 Å². The fourth-order valence-electron chi connectivity index (χ4n) is 3.49. The number of nitrogens with zero attached hydrogens (tertiary/aromatic N) is 3. The molecule has 29 heavy (non-hydrogen) atoms. The van der Waals surface area contributed by atoms with Crippen molar-refractivity contribution in [1.29, 1.82) is 0 Å². The number of nitro groups is 1. The monoisotopic (exact) mass is 409 g/mol. The summed E-state index contributed by atoms with van der Waals surface area (Å²) in [4.78, 5) is 26.2. The molecule has 0 saturated heterocycles. The lowest BCUT2D eigenvalue weighted by Gasteiger charge is -2.06. The molecule has 0 unspecified atom stereocenters. The summed E-state index contributed by atoms with van der Waals surface area (Å²) in [6, 6.07) is 0. The number of aromatic nitrogens is 2. The van der Waals surface area contributed by atoms with E-state index in [1.807, 2.05) is 0 Å². The van der Waals surface area contributed by atoms with Crippen LogP contribution in [0.15, 0.2) is 6.20 Å². The van der Waals surface area contributed by atoms with Gasteiger partial charge in [0.25, 0.3) is 0 Å². The molecule has 0 radical (unpaired) electrons. The highest BCUT2D eigenvalue weighted by atomic mass is 16.6. The van der Waals surface area contributed by atoms with E-state index in [9.17, 15) is 14.9 Å². The number of imidazole rings is 1. The van der Waals surface area contributed by atoms with Gasteiger partial charge in [0.15, 0.2) is 5.82 Å². The molecule has 7 heteroatoms. The van der Waals surface area contributed by atoms with Crippen LogP contribution in [-0.4, -0.2) is 27.1 Å². The first-order chi connectivity index (χ1) is 14.1. The highest BCUT2D eigenvalue weighted by Gasteiger charge is 2.17. The van der Waals surface area contributed by atoms with Gasteiger partial charge in [0, 0.05) is 13.3 Å². The summed E-state index contributed by atoms with van der Waals surface area (Å²) < 4.78 is 6.66. The molecule has 0 atom stereocenters. The maximum atomic E-state index is 11.8. The lowest BCUT2D eigenvalue weighted by atomic mass is 10.0. The van der Waals surface area contributed by atoms with E-state index in [0.29, 0.717) is 12.2 Å². The van der Waals surface area contributed by atoms with Gasteiger partial charge in [-0.2, -0.15) is 0 Å². The number of hydrogen-bond donors (Lipinski definition) is 0. The number of unbranched alkanes of at least 4 members (excludes halogenated alkanes) is 12. The van der Waals surface area contributed by atoms with Crippen molar-refractivity contribution in [2.24, 2.45) is 0 Å². The fourth-order valence-corrected chi connectivity index (χ4v) is 3.49. The SMILES string of the molecule is CCCCCCCCCCCCCCCC(=O)OCCn1c([N+](=O)[O-])cnc1C. The first-order valence-electron chi connectivity index (χ1n) is 11.4. The normalized spacial score (nSPS) is 11.0. The van der Waals surface area contributed by atoms with Gasteiger partial charge < -0.3 is 14.9 Å². The van der Waals surface area contributed by atoms with Crippen molar-refractivity contribution in [2.45, 2.75) is 110 Å². The van der Waals surface area contributed by atoms with Crippen LogP contribution in [0.4, 0.5) is 5.82 Å². The van der Waals surface area contributed by atoms with E-state index in [1.54, 1.807) is 6.92 Å². The van der Waals surface area contributed by atoms with Gasteiger partial charge in [-0.1, -0.05) is 84.0 Å². The Bertz CT molecular complexity index is 587. The van der Waals surface area contributed by atoms with Crippen LogP contribution in [0.25, 0.3) is 0 Å². The molecule has 0 aliphatic rings. The summed E-state index contributed by atoms with van der Waals surface area (Å²) in [7, 11) is 0. The van der Waals surface area contributed by atoms with E-state index in [4.69, 9.17) is 4.74 Å². The van der Waals surface area contributed by atoms with Crippen LogP contribution in [0.1, 0.15) is 103 Å². The Hall–Kier alpha value is -1.92. The topological polar surface area (TPSA) is 87.3 Å². The van der Waals surface area contributed by atoms with Gasteiger partial charge in [0.2, 0.25) is 0 Å². The quantitative estimate of drug-likeness (QED) is 0.126. The van der Waals surface area contributed by atoms with Gasteiger partial charge in [-0.15, -0.1) is 0 Å². The predicted molar refractivity (Wildman–Crippen MR) is 115 cm³/mol. The van der Waals surface area contributed by atoms with Crippen molar-refractivity contribution in [3.05, 3.63) is 22.1 Å². The van der Waals surface area contributed by atoms with Crippen LogP contribution in [0.3, 0.4) is 0 Å². The molecule has 0 bridgehead atoms. The molecule has 0 saturated carbocycles. The molecule has 1 heterocycles. The minimum absolute atomic E-state index is 0.0740. The third-order valence-corrected chi connectivity index (χ3v) is 5.28. The van der Waals surface area contributed by atoms with Crippen LogP contribution >= 0.6 is 0 Å². The molecule has 1 aromatic rings. The van der Waals surface area contributed by atoms with Crippen LogP contribution < -0.4 is 0 Å². The van der Waals surface area contributed by atoms with E-state index in [-0.39, 0.29) is 24.9 Å². The maximum absolute atomic E-state index is 11.8. The van der Waals surface area contributed by atoms with E-state index >= 15 is 0 Å². The number of esters is 1. The molecule has 0 amide bonds. The molecule has 0 fully saturated rings. The Morgan fingerprint density at radius 2 is 1.52 bits per heavy atom. The predicted octanol–water partition coefficient (Wildman–Crippen LogP) is 6.12. The van der Waals surface area contributed by atoms with Gasteiger partial charge in [-0.25, -0.2) is 9.55 Å². The van der Waals surface area contributed by atoms with Crippen molar-refractivity contribution in [2.75, 3.05) is 6.61 Å². The van der Waals surface area contributed by atoms with Crippen LogP contribution in [-0.2, 0) is 16.1 Å². The Morgan fingerprint density at radius 3 is 2.03 bits per heavy atom. The maximum Gasteiger partial charge on any atom is 0.342 e. The molecule has 0 N–H and O–H groups in total. The Kier molecular flexibility index (Phi) is 13.8. The molecule has 7 nitrogen and oxygen atoms in total. The summed E-state index contributed by atoms with van der Waals surface area (Å²) in [5, 5.41) is 10.9. The highest BCUT2D eigenvalue weighted by Crippen LogP contribution is 2.14. The zero-order chi connectivity index (χ0) is 21.3. The highest BCUT2D eigenvalue weighted by molar-refractivity contribution is 5.69. The Balaban J connectivity index is 1.93. The third-order valence-electron chi connectivity index (χ3n) is 5.28. The van der Waals surface area contributed by atoms with Gasteiger partial charge in [0.05, 0.1) is 0 Å². The fraction of sp³-hybridized carbons (Fsp3) is 0.818. The standard InChI is InChI=1S/C22H39N3O4/c1-3-4-5-6-7-8-9-10-11-12-13-14-15-16-22(26)29-18-17-24-20(2)23-19-21(24)25(27)28/h19H,3-18H2,1-2H3. The average Bonchev–Trinajstić information content (AvgIpc) is 3.06. The molecular formula is C22H39N3O4. The Labute approximate surface area is 175 Å². The van der Waals surface area contributed by atoms with E-state index < -0.39 is 4.92 Å². The largest absolute Gasteiger partial charge is 0.461 e. The molecule has 1 rings (SSSR count). The molecule has 1 aromatic heterocycles. The molecular weight excluding hydrogens is 370 g/mol. The first kappa shape index (κ1) is 25.1. The second kappa shape index (κ2) is 15.9. The van der Waals surface area contributed by atoms with E-state index in [2.05, 4.69) is 11.9 Å². The zero-order valence-corrected chi connectivity index (χ0v) is 18.4. The van der Waals surface area contributed by atoms with Crippen LogP contribution in [0, 0.1) is 17.0 Å².